The number of aromatic nitrogens is 3. The summed E-state index contributed by atoms with van der Waals surface area (Å²) in [6, 6.07) is 2.26. The van der Waals surface area contributed by atoms with Crippen LogP contribution in [0.1, 0.15) is 41.3 Å². The van der Waals surface area contributed by atoms with Gasteiger partial charge in [-0.15, -0.1) is 0 Å². The molecule has 5 nitrogen and oxygen atoms in total. The second kappa shape index (κ2) is 6.40. The number of hydrogen-bond donors (Lipinski definition) is 1. The highest BCUT2D eigenvalue weighted by molar-refractivity contribution is 5.37. The molecule has 3 rings (SSSR count). The highest BCUT2D eigenvalue weighted by Crippen LogP contribution is 2.28. The van der Waals surface area contributed by atoms with Crippen molar-refractivity contribution >= 4 is 5.82 Å². The largest absolute Gasteiger partial charge is 0.383 e. The van der Waals surface area contributed by atoms with E-state index in [0.29, 0.717) is 11.7 Å². The van der Waals surface area contributed by atoms with Gasteiger partial charge in [0.25, 0.3) is 0 Å². The SMILES string of the molecule is Cc1cncc(C2CCN(Cc3cnc(C)nc3N)CC2)c1. The number of piperidine rings is 1. The van der Waals surface area contributed by atoms with Crippen LogP contribution in [0.2, 0.25) is 0 Å². The first-order chi connectivity index (χ1) is 10.6. The van der Waals surface area contributed by atoms with Gasteiger partial charge in [-0.2, -0.15) is 0 Å². The summed E-state index contributed by atoms with van der Waals surface area (Å²) in [5.74, 6) is 1.96. The number of aryl methyl sites for hydroxylation is 2. The van der Waals surface area contributed by atoms with E-state index in [2.05, 4.69) is 32.8 Å². The lowest BCUT2D eigenvalue weighted by Gasteiger charge is -2.32. The molecule has 0 atom stereocenters. The Bertz CT molecular complexity index is 647. The molecule has 1 aliphatic rings. The number of nitrogens with zero attached hydrogens (tertiary/aromatic N) is 4. The van der Waals surface area contributed by atoms with E-state index in [9.17, 15) is 0 Å². The molecule has 22 heavy (non-hydrogen) atoms. The van der Waals surface area contributed by atoms with Crippen LogP contribution in [0.5, 0.6) is 0 Å². The summed E-state index contributed by atoms with van der Waals surface area (Å²) in [6.45, 7) is 6.95. The molecule has 1 fully saturated rings. The maximum absolute atomic E-state index is 5.99. The van der Waals surface area contributed by atoms with Gasteiger partial charge in [-0.25, -0.2) is 9.97 Å². The lowest BCUT2D eigenvalue weighted by molar-refractivity contribution is 0.204. The van der Waals surface area contributed by atoms with Gasteiger partial charge >= 0.3 is 0 Å². The molecular weight excluding hydrogens is 274 g/mol. The third kappa shape index (κ3) is 3.42. The van der Waals surface area contributed by atoms with E-state index >= 15 is 0 Å². The van der Waals surface area contributed by atoms with E-state index in [1.54, 1.807) is 0 Å². The number of nitrogens with two attached hydrogens (primary N) is 1. The zero-order chi connectivity index (χ0) is 15.5. The third-order valence-electron chi connectivity index (χ3n) is 4.37. The van der Waals surface area contributed by atoms with Crippen LogP contribution in [0, 0.1) is 13.8 Å². The Kier molecular flexibility index (Phi) is 4.34. The predicted octanol–water partition coefficient (Wildman–Crippen LogP) is 2.45. The maximum Gasteiger partial charge on any atom is 0.131 e. The van der Waals surface area contributed by atoms with Crippen LogP contribution in [0.15, 0.2) is 24.7 Å². The van der Waals surface area contributed by atoms with Crippen LogP contribution in [0.3, 0.4) is 0 Å². The van der Waals surface area contributed by atoms with Gasteiger partial charge in [0, 0.05) is 30.7 Å². The highest BCUT2D eigenvalue weighted by atomic mass is 15.1. The van der Waals surface area contributed by atoms with Gasteiger partial charge in [-0.05, 0) is 56.8 Å². The zero-order valence-electron chi connectivity index (χ0n) is 13.3. The predicted molar refractivity (Wildman–Crippen MR) is 87.4 cm³/mol. The summed E-state index contributed by atoms with van der Waals surface area (Å²) in [7, 11) is 0. The summed E-state index contributed by atoms with van der Waals surface area (Å²) < 4.78 is 0. The van der Waals surface area contributed by atoms with Crippen molar-refractivity contribution < 1.29 is 0 Å². The Morgan fingerprint density at radius 3 is 2.64 bits per heavy atom. The van der Waals surface area contributed by atoms with Crippen molar-refractivity contribution in [3.63, 3.8) is 0 Å². The molecule has 5 heteroatoms. The topological polar surface area (TPSA) is 67.9 Å². The number of rotatable bonds is 3. The lowest BCUT2D eigenvalue weighted by atomic mass is 9.90. The Balaban J connectivity index is 1.60. The van der Waals surface area contributed by atoms with Crippen molar-refractivity contribution in [1.82, 2.24) is 19.9 Å². The van der Waals surface area contributed by atoms with Crippen LogP contribution in [0.25, 0.3) is 0 Å². The van der Waals surface area contributed by atoms with E-state index in [-0.39, 0.29) is 0 Å². The molecule has 0 saturated carbocycles. The summed E-state index contributed by atoms with van der Waals surface area (Å²) in [5, 5.41) is 0. The molecule has 116 valence electrons. The molecule has 0 radical (unpaired) electrons. The zero-order valence-corrected chi connectivity index (χ0v) is 13.3. The first-order valence-corrected chi connectivity index (χ1v) is 7.83. The summed E-state index contributed by atoms with van der Waals surface area (Å²) in [4.78, 5) is 15.2. The van der Waals surface area contributed by atoms with E-state index in [0.717, 1.165) is 43.9 Å². The molecular formula is C17H23N5. The minimum absolute atomic E-state index is 0.609. The molecule has 1 saturated heterocycles. The van der Waals surface area contributed by atoms with Crippen molar-refractivity contribution in [2.75, 3.05) is 18.8 Å². The Hall–Kier alpha value is -2.01. The van der Waals surface area contributed by atoms with Gasteiger partial charge in [0.15, 0.2) is 0 Å². The number of nitrogen functional groups attached to an aromatic ring is 1. The van der Waals surface area contributed by atoms with E-state index in [1.807, 2.05) is 25.5 Å². The van der Waals surface area contributed by atoms with E-state index in [4.69, 9.17) is 5.73 Å². The van der Waals surface area contributed by atoms with Gasteiger partial charge < -0.3 is 5.73 Å². The molecule has 0 amide bonds. The molecule has 0 aliphatic carbocycles. The molecule has 0 bridgehead atoms. The fraction of sp³-hybridized carbons (Fsp3) is 0.471. The summed E-state index contributed by atoms with van der Waals surface area (Å²) in [5.41, 5.74) is 9.63. The second-order valence-corrected chi connectivity index (χ2v) is 6.17. The van der Waals surface area contributed by atoms with Crippen LogP contribution < -0.4 is 5.73 Å². The monoisotopic (exact) mass is 297 g/mol. The highest BCUT2D eigenvalue weighted by Gasteiger charge is 2.21. The van der Waals surface area contributed by atoms with Gasteiger partial charge in [0.1, 0.15) is 11.6 Å². The fourth-order valence-corrected chi connectivity index (χ4v) is 3.10. The normalized spacial score (nSPS) is 16.8. The minimum Gasteiger partial charge on any atom is -0.383 e. The van der Waals surface area contributed by atoms with E-state index < -0.39 is 0 Å². The van der Waals surface area contributed by atoms with Gasteiger partial charge in [-0.3, -0.25) is 9.88 Å². The van der Waals surface area contributed by atoms with Crippen molar-refractivity contribution in [1.29, 1.82) is 0 Å². The van der Waals surface area contributed by atoms with Crippen LogP contribution >= 0.6 is 0 Å². The van der Waals surface area contributed by atoms with Gasteiger partial charge in [0.05, 0.1) is 0 Å². The smallest absolute Gasteiger partial charge is 0.131 e. The number of likely N-dealkylation sites (tertiary alicyclic amines) is 1. The Morgan fingerprint density at radius 1 is 1.18 bits per heavy atom. The molecule has 0 aromatic carbocycles. The fourth-order valence-electron chi connectivity index (χ4n) is 3.10. The van der Waals surface area contributed by atoms with Crippen LogP contribution in [-0.4, -0.2) is 32.9 Å². The first kappa shape index (κ1) is 14.9. The van der Waals surface area contributed by atoms with Gasteiger partial charge in [0.2, 0.25) is 0 Å². The quantitative estimate of drug-likeness (QED) is 0.942. The molecule has 0 unspecified atom stereocenters. The second-order valence-electron chi connectivity index (χ2n) is 6.17. The molecule has 3 heterocycles. The van der Waals surface area contributed by atoms with Crippen molar-refractivity contribution in [2.24, 2.45) is 0 Å². The number of hydrogen-bond acceptors (Lipinski definition) is 5. The van der Waals surface area contributed by atoms with Gasteiger partial charge in [-0.1, -0.05) is 6.07 Å². The maximum atomic E-state index is 5.99. The lowest BCUT2D eigenvalue weighted by Crippen LogP contribution is -2.32. The Morgan fingerprint density at radius 2 is 1.95 bits per heavy atom. The van der Waals surface area contributed by atoms with Crippen molar-refractivity contribution in [3.05, 3.63) is 47.2 Å². The molecule has 1 aliphatic heterocycles. The van der Waals surface area contributed by atoms with Crippen LogP contribution in [-0.2, 0) is 6.54 Å². The molecule has 2 aromatic heterocycles. The summed E-state index contributed by atoms with van der Waals surface area (Å²) >= 11 is 0. The van der Waals surface area contributed by atoms with E-state index in [1.165, 1.54) is 11.1 Å². The van der Waals surface area contributed by atoms with Crippen molar-refractivity contribution in [3.8, 4) is 0 Å². The van der Waals surface area contributed by atoms with Crippen LogP contribution in [0.4, 0.5) is 5.82 Å². The number of pyridine rings is 1. The molecule has 2 N–H and O–H groups in total. The molecule has 0 spiro atoms. The van der Waals surface area contributed by atoms with Crippen molar-refractivity contribution in [2.45, 2.75) is 39.2 Å². The first-order valence-electron chi connectivity index (χ1n) is 7.83. The molecule has 2 aromatic rings. The third-order valence-corrected chi connectivity index (χ3v) is 4.37. The average molecular weight is 297 g/mol. The average Bonchev–Trinajstić information content (AvgIpc) is 2.51. The minimum atomic E-state index is 0.609. The Labute approximate surface area is 131 Å². The number of anilines is 1. The summed E-state index contributed by atoms with van der Waals surface area (Å²) in [6.07, 6.45) is 8.11. The standard InChI is InChI=1S/C17H23N5/c1-12-7-15(9-19-8-12)14-3-5-22(6-4-14)11-16-10-20-13(2)21-17(16)18/h7-10,14H,3-6,11H2,1-2H3,(H2,18,20,21).